The predicted octanol–water partition coefficient (Wildman–Crippen LogP) is 7.31. The maximum atomic E-state index is 9.54. The van der Waals surface area contributed by atoms with Crippen molar-refractivity contribution in [2.45, 2.75) is 34.6 Å². The second kappa shape index (κ2) is 8.39. The van der Waals surface area contributed by atoms with Crippen LogP contribution in [-0.4, -0.2) is 6.71 Å². The van der Waals surface area contributed by atoms with Gasteiger partial charge in [-0.1, -0.05) is 70.6 Å². The number of hydrogen-bond donors (Lipinski definition) is 0. The lowest BCUT2D eigenvalue weighted by Crippen LogP contribution is -2.61. The first-order valence-corrected chi connectivity index (χ1v) is 12.2. The highest BCUT2D eigenvalue weighted by atomic mass is 15.2. The molecule has 0 bridgehead atoms. The molecule has 2 nitrogen and oxygen atoms in total. The summed E-state index contributed by atoms with van der Waals surface area (Å²) >= 11 is 0. The zero-order valence-electron chi connectivity index (χ0n) is 37.5. The summed E-state index contributed by atoms with van der Waals surface area (Å²) in [6.45, 7) is 5.81. The van der Waals surface area contributed by atoms with Gasteiger partial charge in [-0.2, -0.15) is 0 Å². The van der Waals surface area contributed by atoms with Gasteiger partial charge < -0.3 is 9.80 Å². The minimum Gasteiger partial charge on any atom is -0.311 e. The monoisotopic (exact) mass is 506 g/mol. The highest BCUT2D eigenvalue weighted by molar-refractivity contribution is 7.00. The van der Waals surface area contributed by atoms with Crippen LogP contribution in [0.25, 0.3) is 0 Å². The summed E-state index contributed by atoms with van der Waals surface area (Å²) in [6.07, 6.45) is 0. The molecule has 0 radical (unpaired) electrons. The summed E-state index contributed by atoms with van der Waals surface area (Å²) in [6, 6.07) is -6.91. The molecule has 0 saturated heterocycles. The Bertz CT molecular complexity index is 2380. The molecule has 0 fully saturated rings. The SMILES string of the molecule is [2H]c1c([2H])c(N2c3c([2H])c([2H])c(C)c([2H])c3B3c4c([2H])c(C)c([2H])c([2H])c4N(c4c([2H])c([2H])c(C)c([2H])c4[2H])c4c([2H])c(C)c([2H])c2c43)c([2H])c([2H])c1C. The van der Waals surface area contributed by atoms with Crippen LogP contribution in [0.2, 0.25) is 0 Å². The van der Waals surface area contributed by atoms with Crippen molar-refractivity contribution in [3.8, 4) is 0 Å². The quantitative estimate of drug-likeness (QED) is 0.227. The number of fused-ring (bicyclic) bond motifs is 4. The minimum absolute atomic E-state index is 0.0134. The Balaban J connectivity index is 1.84. The Morgan fingerprint density at radius 3 is 1.26 bits per heavy atom. The normalized spacial score (nSPS) is 19.1. The zero-order chi connectivity index (χ0) is 40.1. The molecule has 3 heteroatoms. The lowest BCUT2D eigenvalue weighted by atomic mass is 9.33. The summed E-state index contributed by atoms with van der Waals surface area (Å²) < 4.78 is 146. The zero-order valence-corrected chi connectivity index (χ0v) is 21.5. The van der Waals surface area contributed by atoms with Crippen molar-refractivity contribution in [1.82, 2.24) is 0 Å². The molecular formula is C35H31BN2. The van der Waals surface area contributed by atoms with Gasteiger partial charge in [0.05, 0.1) is 21.9 Å². The molecule has 2 aliphatic rings. The van der Waals surface area contributed by atoms with Crippen LogP contribution in [0, 0.1) is 34.6 Å². The smallest absolute Gasteiger partial charge is 0.252 e. The van der Waals surface area contributed by atoms with Gasteiger partial charge >= 0.3 is 0 Å². The van der Waals surface area contributed by atoms with E-state index in [0.717, 1.165) is 9.80 Å². The number of benzene rings is 5. The first-order chi connectivity index (χ1) is 25.1. The van der Waals surface area contributed by atoms with Crippen LogP contribution >= 0.6 is 0 Å². The Morgan fingerprint density at radius 2 is 0.842 bits per heavy atom. The summed E-state index contributed by atoms with van der Waals surface area (Å²) in [4.78, 5) is 2.28. The highest BCUT2D eigenvalue weighted by Crippen LogP contribution is 2.44. The van der Waals surface area contributed by atoms with Gasteiger partial charge in [0.15, 0.2) is 0 Å². The molecule has 0 saturated carbocycles. The van der Waals surface area contributed by atoms with Gasteiger partial charge in [-0.15, -0.1) is 0 Å². The number of anilines is 6. The summed E-state index contributed by atoms with van der Waals surface area (Å²) in [5, 5.41) is 0. The first kappa shape index (κ1) is 11.7. The molecule has 0 aliphatic carbocycles. The van der Waals surface area contributed by atoms with Crippen LogP contribution in [-0.2, 0) is 0 Å². The van der Waals surface area contributed by atoms with E-state index >= 15 is 0 Å². The van der Waals surface area contributed by atoms with Crippen LogP contribution in [0.15, 0.2) is 96.7 Å². The topological polar surface area (TPSA) is 6.48 Å². The highest BCUT2D eigenvalue weighted by Gasteiger charge is 2.43. The van der Waals surface area contributed by atoms with Crippen molar-refractivity contribution in [1.29, 1.82) is 0 Å². The molecule has 0 aromatic heterocycles. The third-order valence-corrected chi connectivity index (χ3v) is 6.69. The van der Waals surface area contributed by atoms with E-state index in [1.165, 1.54) is 34.6 Å². The second-order valence-electron chi connectivity index (χ2n) is 9.56. The lowest BCUT2D eigenvalue weighted by Gasteiger charge is -2.44. The third-order valence-electron chi connectivity index (χ3n) is 6.69. The molecule has 2 aliphatic heterocycles. The fraction of sp³-hybridized carbons (Fsp3) is 0.143. The van der Waals surface area contributed by atoms with Crippen molar-refractivity contribution >= 4 is 57.2 Å². The second-order valence-corrected chi connectivity index (χ2v) is 9.56. The average molecular weight is 507 g/mol. The van der Waals surface area contributed by atoms with Crippen molar-refractivity contribution in [3.05, 3.63) is 124 Å². The molecule has 0 spiro atoms. The Morgan fingerprint density at radius 1 is 0.447 bits per heavy atom. The molecule has 0 unspecified atom stereocenters. The van der Waals surface area contributed by atoms with Crippen LogP contribution in [0.4, 0.5) is 34.1 Å². The molecule has 5 aromatic rings. The fourth-order valence-electron chi connectivity index (χ4n) is 5.12. The number of nitrogens with zero attached hydrogens (tertiary/aromatic N) is 2. The van der Waals surface area contributed by atoms with E-state index in [1.807, 2.05) is 0 Å². The van der Waals surface area contributed by atoms with E-state index in [0.29, 0.717) is 0 Å². The fourth-order valence-corrected chi connectivity index (χ4v) is 5.12. The molecule has 0 atom stereocenters. The van der Waals surface area contributed by atoms with E-state index in [4.69, 9.17) is 13.7 Å². The van der Waals surface area contributed by atoms with Gasteiger partial charge in [-0.05, 0) is 105 Å². The van der Waals surface area contributed by atoms with Crippen molar-refractivity contribution in [2.24, 2.45) is 0 Å². The number of hydrogen-bond acceptors (Lipinski definition) is 2. The van der Waals surface area contributed by atoms with Crippen LogP contribution in [0.3, 0.4) is 0 Å². The Kier molecular flexibility index (Phi) is 2.57. The van der Waals surface area contributed by atoms with Crippen molar-refractivity contribution in [3.63, 3.8) is 0 Å². The maximum absolute atomic E-state index is 9.54. The molecule has 0 N–H and O–H groups in total. The van der Waals surface area contributed by atoms with Crippen molar-refractivity contribution < 1.29 is 21.9 Å². The van der Waals surface area contributed by atoms with E-state index < -0.39 is 78.5 Å². The summed E-state index contributed by atoms with van der Waals surface area (Å²) in [5.41, 5.74) is -1.59. The van der Waals surface area contributed by atoms with Crippen LogP contribution < -0.4 is 26.2 Å². The van der Waals surface area contributed by atoms with E-state index in [1.54, 1.807) is 0 Å². The Hall–Kier alpha value is -4.24. The molecule has 184 valence electrons. The Labute approximate surface area is 248 Å². The lowest BCUT2D eigenvalue weighted by molar-refractivity contribution is 1.23. The van der Waals surface area contributed by atoms with Gasteiger partial charge in [-0.3, -0.25) is 0 Å². The van der Waals surface area contributed by atoms with Crippen molar-refractivity contribution in [2.75, 3.05) is 9.80 Å². The molecular weight excluding hydrogens is 459 g/mol. The van der Waals surface area contributed by atoms with Crippen LogP contribution in [0.1, 0.15) is 49.7 Å². The summed E-state index contributed by atoms with van der Waals surface area (Å²) in [7, 11) is 0. The largest absolute Gasteiger partial charge is 0.311 e. The first-order valence-electron chi connectivity index (χ1n) is 20.2. The molecule has 5 aromatic carbocycles. The van der Waals surface area contributed by atoms with Gasteiger partial charge in [0, 0.05) is 34.1 Å². The van der Waals surface area contributed by atoms with Gasteiger partial charge in [0.2, 0.25) is 0 Å². The van der Waals surface area contributed by atoms with E-state index in [2.05, 4.69) is 0 Å². The minimum atomic E-state index is -1.35. The average Bonchev–Trinajstić information content (AvgIpc) is 3.15. The predicted molar refractivity (Wildman–Crippen MR) is 164 cm³/mol. The summed E-state index contributed by atoms with van der Waals surface area (Å²) in [5.74, 6) is 0. The number of rotatable bonds is 2. The van der Waals surface area contributed by atoms with Gasteiger partial charge in [0.25, 0.3) is 6.71 Å². The van der Waals surface area contributed by atoms with E-state index in [-0.39, 0.29) is 103 Å². The molecule has 2 heterocycles. The van der Waals surface area contributed by atoms with E-state index in [9.17, 15) is 8.22 Å². The van der Waals surface area contributed by atoms with Crippen LogP contribution in [0.5, 0.6) is 0 Å². The van der Waals surface area contributed by atoms with Gasteiger partial charge in [-0.25, -0.2) is 0 Å². The third kappa shape index (κ3) is 3.42. The van der Waals surface area contributed by atoms with Gasteiger partial charge in [0.1, 0.15) is 0 Å². The standard InChI is InChI=1S/C35H31BN2/c1-22-6-12-27(13-7-22)37-31-16-10-24(3)18-29(31)36-30-19-25(4)11-17-32(30)38(28-14-8-23(2)9-15-28)34-21-26(5)20-33(37)35(34)36/h6-21H,1-5H3/i6D,7D,8D,9D,10D,11D,12D,13D,14D,15D,16D,17D,18D,19D,20D,21D. The maximum Gasteiger partial charge on any atom is 0.252 e. The molecule has 0 amide bonds. The molecule has 38 heavy (non-hydrogen) atoms. The molecule has 7 rings (SSSR count).